The number of hydrogen-bond acceptors (Lipinski definition) is 3. The summed E-state index contributed by atoms with van der Waals surface area (Å²) in [6.07, 6.45) is 1.86. The number of hydrogen-bond donors (Lipinski definition) is 1. The Morgan fingerprint density at radius 3 is 3.13 bits per heavy atom. The summed E-state index contributed by atoms with van der Waals surface area (Å²) in [7, 11) is 0. The van der Waals surface area contributed by atoms with E-state index >= 15 is 0 Å². The van der Waals surface area contributed by atoms with Crippen LogP contribution < -0.4 is 0 Å². The van der Waals surface area contributed by atoms with Crippen molar-refractivity contribution < 1.29 is 14.3 Å². The van der Waals surface area contributed by atoms with Gasteiger partial charge in [-0.3, -0.25) is 0 Å². The van der Waals surface area contributed by atoms with Crippen LogP contribution in [0.25, 0.3) is 11.3 Å². The zero-order valence-corrected chi connectivity index (χ0v) is 8.63. The fraction of sp³-hybridized carbons (Fsp3) is 0.182. The Morgan fingerprint density at radius 2 is 2.33 bits per heavy atom. The molecule has 15 heavy (non-hydrogen) atoms. The summed E-state index contributed by atoms with van der Waals surface area (Å²) in [5.74, 6) is -0.213. The molecule has 2 aromatic rings. The minimum atomic E-state index is -0.999. The van der Waals surface area contributed by atoms with Gasteiger partial charge in [0.25, 0.3) is 0 Å². The van der Waals surface area contributed by atoms with Crippen molar-refractivity contribution in [2.24, 2.45) is 0 Å². The summed E-state index contributed by atoms with van der Waals surface area (Å²) < 4.78 is 5.36. The van der Waals surface area contributed by atoms with Crippen LogP contribution in [0, 0.1) is 0 Å². The summed E-state index contributed by atoms with van der Waals surface area (Å²) >= 11 is 1.70. The highest BCUT2D eigenvalue weighted by atomic mass is 32.1. The highest BCUT2D eigenvalue weighted by Crippen LogP contribution is 2.38. The van der Waals surface area contributed by atoms with Crippen LogP contribution in [0.2, 0.25) is 0 Å². The zero-order chi connectivity index (χ0) is 10.4. The minimum absolute atomic E-state index is 0.0408. The molecular weight excluding hydrogens is 212 g/mol. The van der Waals surface area contributed by atoms with Gasteiger partial charge in [-0.05, 0) is 35.9 Å². The molecule has 3 rings (SSSR count). The summed E-state index contributed by atoms with van der Waals surface area (Å²) in [4.78, 5) is 12.1. The first-order chi connectivity index (χ1) is 7.25. The Hall–Kier alpha value is -1.55. The maximum Gasteiger partial charge on any atom is 0.371 e. The van der Waals surface area contributed by atoms with E-state index in [0.717, 1.165) is 29.7 Å². The molecule has 2 aromatic heterocycles. The van der Waals surface area contributed by atoms with Gasteiger partial charge in [-0.25, -0.2) is 4.79 Å². The van der Waals surface area contributed by atoms with Gasteiger partial charge < -0.3 is 9.52 Å². The first kappa shape index (κ1) is 8.73. The van der Waals surface area contributed by atoms with E-state index in [4.69, 9.17) is 9.52 Å². The smallest absolute Gasteiger partial charge is 0.371 e. The summed E-state index contributed by atoms with van der Waals surface area (Å²) in [5.41, 5.74) is 2.08. The number of carboxylic acid groups (broad SMARTS) is 1. The Bertz CT molecular complexity index is 536. The van der Waals surface area contributed by atoms with Gasteiger partial charge in [0.15, 0.2) is 0 Å². The molecule has 0 aromatic carbocycles. The highest BCUT2D eigenvalue weighted by Gasteiger charge is 2.23. The monoisotopic (exact) mass is 220 g/mol. The second-order valence-corrected chi connectivity index (χ2v) is 4.53. The standard InChI is InChI=1S/C11H8O3S/c12-11(13)8-5-6-1-2-9-7(3-4-15-9)10(6)14-8/h3-5H,1-2H2,(H,12,13). The lowest BCUT2D eigenvalue weighted by atomic mass is 9.98. The molecule has 76 valence electrons. The predicted molar refractivity (Wildman–Crippen MR) is 56.4 cm³/mol. The Kier molecular flexibility index (Phi) is 1.73. The number of carbonyl (C=O) groups is 1. The van der Waals surface area contributed by atoms with E-state index in [9.17, 15) is 4.79 Å². The molecule has 0 bridgehead atoms. The Morgan fingerprint density at radius 1 is 1.47 bits per heavy atom. The van der Waals surface area contributed by atoms with Crippen molar-refractivity contribution in [2.45, 2.75) is 12.8 Å². The first-order valence-electron chi connectivity index (χ1n) is 4.68. The highest BCUT2D eigenvalue weighted by molar-refractivity contribution is 7.10. The van der Waals surface area contributed by atoms with Crippen molar-refractivity contribution in [3.05, 3.63) is 33.7 Å². The molecule has 0 fully saturated rings. The van der Waals surface area contributed by atoms with E-state index in [0.29, 0.717) is 0 Å². The lowest BCUT2D eigenvalue weighted by Gasteiger charge is -2.09. The molecule has 0 saturated heterocycles. The van der Waals surface area contributed by atoms with Crippen LogP contribution in [0.3, 0.4) is 0 Å². The number of aromatic carboxylic acids is 1. The lowest BCUT2D eigenvalue weighted by Crippen LogP contribution is -1.97. The van der Waals surface area contributed by atoms with Crippen molar-refractivity contribution in [2.75, 3.05) is 0 Å². The molecule has 1 N–H and O–H groups in total. The number of furan rings is 1. The third-order valence-corrected chi connectivity index (χ3v) is 3.61. The van der Waals surface area contributed by atoms with E-state index in [1.807, 2.05) is 11.4 Å². The zero-order valence-electron chi connectivity index (χ0n) is 7.82. The van der Waals surface area contributed by atoms with Crippen LogP contribution in [0.1, 0.15) is 21.0 Å². The van der Waals surface area contributed by atoms with Crippen LogP contribution in [0.4, 0.5) is 0 Å². The molecule has 1 aliphatic carbocycles. The number of fused-ring (bicyclic) bond motifs is 3. The van der Waals surface area contributed by atoms with Crippen LogP contribution in [0.15, 0.2) is 21.9 Å². The van der Waals surface area contributed by atoms with Gasteiger partial charge >= 0.3 is 5.97 Å². The fourth-order valence-electron chi connectivity index (χ4n) is 1.93. The van der Waals surface area contributed by atoms with Crippen LogP contribution in [0.5, 0.6) is 0 Å². The average Bonchev–Trinajstić information content (AvgIpc) is 2.82. The fourth-order valence-corrected chi connectivity index (χ4v) is 2.81. The largest absolute Gasteiger partial charge is 0.475 e. The molecule has 0 spiro atoms. The number of thiophene rings is 1. The van der Waals surface area contributed by atoms with Gasteiger partial charge in [-0.2, -0.15) is 0 Å². The van der Waals surface area contributed by atoms with Gasteiger partial charge in [0.2, 0.25) is 5.76 Å². The van der Waals surface area contributed by atoms with E-state index in [2.05, 4.69) is 0 Å². The summed E-state index contributed by atoms with van der Waals surface area (Å²) in [6.45, 7) is 0. The van der Waals surface area contributed by atoms with Crippen LogP contribution >= 0.6 is 11.3 Å². The number of rotatable bonds is 1. The molecular formula is C11H8O3S. The van der Waals surface area contributed by atoms with Gasteiger partial charge in [0, 0.05) is 10.4 Å². The second-order valence-electron chi connectivity index (χ2n) is 3.53. The Balaban J connectivity index is 2.20. The van der Waals surface area contributed by atoms with Crippen molar-refractivity contribution in [1.82, 2.24) is 0 Å². The maximum absolute atomic E-state index is 10.8. The van der Waals surface area contributed by atoms with Gasteiger partial charge in [0.05, 0.1) is 0 Å². The van der Waals surface area contributed by atoms with Crippen LogP contribution in [-0.2, 0) is 12.8 Å². The summed E-state index contributed by atoms with van der Waals surface area (Å²) in [6, 6.07) is 3.63. The number of aryl methyl sites for hydroxylation is 2. The predicted octanol–water partition coefficient (Wildman–Crippen LogP) is 2.80. The van der Waals surface area contributed by atoms with E-state index in [1.165, 1.54) is 4.88 Å². The van der Waals surface area contributed by atoms with Gasteiger partial charge in [-0.1, -0.05) is 0 Å². The summed E-state index contributed by atoms with van der Waals surface area (Å²) in [5, 5.41) is 10.9. The molecule has 0 radical (unpaired) electrons. The van der Waals surface area contributed by atoms with Crippen LogP contribution in [-0.4, -0.2) is 11.1 Å². The van der Waals surface area contributed by atoms with Crippen molar-refractivity contribution in [3.63, 3.8) is 0 Å². The van der Waals surface area contributed by atoms with E-state index in [-0.39, 0.29) is 5.76 Å². The van der Waals surface area contributed by atoms with E-state index < -0.39 is 5.97 Å². The van der Waals surface area contributed by atoms with E-state index in [1.54, 1.807) is 17.4 Å². The lowest BCUT2D eigenvalue weighted by molar-refractivity contribution is 0.0663. The third kappa shape index (κ3) is 1.22. The maximum atomic E-state index is 10.8. The van der Waals surface area contributed by atoms with Crippen molar-refractivity contribution in [1.29, 1.82) is 0 Å². The molecule has 0 atom stereocenters. The first-order valence-corrected chi connectivity index (χ1v) is 5.56. The second kappa shape index (κ2) is 2.97. The van der Waals surface area contributed by atoms with Gasteiger partial charge in [0.1, 0.15) is 5.76 Å². The molecule has 0 saturated carbocycles. The number of carboxylic acids is 1. The topological polar surface area (TPSA) is 50.4 Å². The van der Waals surface area contributed by atoms with Crippen molar-refractivity contribution in [3.8, 4) is 11.3 Å². The normalized spacial score (nSPS) is 13.3. The van der Waals surface area contributed by atoms with Crippen molar-refractivity contribution >= 4 is 17.3 Å². The molecule has 4 heteroatoms. The quantitative estimate of drug-likeness (QED) is 0.803. The molecule has 0 unspecified atom stereocenters. The minimum Gasteiger partial charge on any atom is -0.475 e. The third-order valence-electron chi connectivity index (χ3n) is 2.63. The van der Waals surface area contributed by atoms with Gasteiger partial charge in [-0.15, -0.1) is 11.3 Å². The molecule has 0 amide bonds. The molecule has 2 heterocycles. The SMILES string of the molecule is O=C(O)c1cc2c(o1)-c1ccsc1CC2. The molecule has 1 aliphatic rings. The average molecular weight is 220 g/mol. The Labute approximate surface area is 90.0 Å². The molecule has 3 nitrogen and oxygen atoms in total. The molecule has 0 aliphatic heterocycles.